The first kappa shape index (κ1) is 16.9. The summed E-state index contributed by atoms with van der Waals surface area (Å²) in [6, 6.07) is 13.8. The minimum Gasteiger partial charge on any atom is -0.507 e. The number of fused-ring (bicyclic) bond motifs is 3. The SMILES string of the molecule is CCCCCc1ccc(-c2c(O)ccc3[nH]c(=O)c4sccc4c23)cc1. The van der Waals surface area contributed by atoms with E-state index in [0.29, 0.717) is 4.70 Å². The second kappa shape index (κ2) is 6.96. The number of nitrogens with one attached hydrogen (secondary N) is 1. The van der Waals surface area contributed by atoms with Crippen molar-refractivity contribution in [3.8, 4) is 16.9 Å². The second-order valence-electron chi connectivity index (χ2n) is 6.65. The second-order valence-corrected chi connectivity index (χ2v) is 7.57. The first-order valence-electron chi connectivity index (χ1n) is 9.03. The zero-order chi connectivity index (χ0) is 18.1. The Labute approximate surface area is 155 Å². The van der Waals surface area contributed by atoms with Gasteiger partial charge in [0.05, 0.1) is 0 Å². The average Bonchev–Trinajstić information content (AvgIpc) is 3.14. The van der Waals surface area contributed by atoms with E-state index >= 15 is 0 Å². The van der Waals surface area contributed by atoms with Crippen LogP contribution < -0.4 is 5.56 Å². The van der Waals surface area contributed by atoms with Crippen LogP contribution in [0.15, 0.2) is 52.6 Å². The molecule has 4 rings (SSSR count). The highest BCUT2D eigenvalue weighted by Crippen LogP contribution is 2.39. The number of benzene rings is 2. The Morgan fingerprint density at radius 2 is 1.85 bits per heavy atom. The van der Waals surface area contributed by atoms with Crippen molar-refractivity contribution in [3.05, 3.63) is 63.8 Å². The van der Waals surface area contributed by atoms with Gasteiger partial charge in [0.15, 0.2) is 0 Å². The summed E-state index contributed by atoms with van der Waals surface area (Å²) in [5.41, 5.74) is 3.73. The van der Waals surface area contributed by atoms with E-state index in [1.54, 1.807) is 12.1 Å². The Morgan fingerprint density at radius 1 is 1.04 bits per heavy atom. The van der Waals surface area contributed by atoms with Crippen LogP contribution in [0.4, 0.5) is 0 Å². The van der Waals surface area contributed by atoms with E-state index in [1.807, 2.05) is 11.4 Å². The summed E-state index contributed by atoms with van der Waals surface area (Å²) >= 11 is 1.43. The summed E-state index contributed by atoms with van der Waals surface area (Å²) in [5.74, 6) is 0.232. The molecule has 0 unspecified atom stereocenters. The summed E-state index contributed by atoms with van der Waals surface area (Å²) < 4.78 is 0.695. The van der Waals surface area contributed by atoms with Crippen molar-refractivity contribution in [1.82, 2.24) is 4.98 Å². The number of H-pyrrole nitrogens is 1. The van der Waals surface area contributed by atoms with E-state index in [0.717, 1.165) is 33.8 Å². The number of phenolic OH excluding ortho intramolecular Hbond substituents is 1. The molecule has 4 aromatic rings. The molecular formula is C22H21NO2S. The molecule has 2 N–H and O–H groups in total. The van der Waals surface area contributed by atoms with Crippen LogP contribution in [0, 0.1) is 0 Å². The van der Waals surface area contributed by atoms with E-state index in [2.05, 4.69) is 36.2 Å². The monoisotopic (exact) mass is 363 g/mol. The number of thiophene rings is 1. The van der Waals surface area contributed by atoms with Crippen LogP contribution in [0.5, 0.6) is 5.75 Å². The van der Waals surface area contributed by atoms with Crippen LogP contribution in [-0.2, 0) is 6.42 Å². The van der Waals surface area contributed by atoms with E-state index in [9.17, 15) is 9.90 Å². The van der Waals surface area contributed by atoms with Crippen LogP contribution in [-0.4, -0.2) is 10.1 Å². The fourth-order valence-electron chi connectivity index (χ4n) is 3.55. The van der Waals surface area contributed by atoms with Crippen molar-refractivity contribution in [1.29, 1.82) is 0 Å². The summed E-state index contributed by atoms with van der Waals surface area (Å²) in [4.78, 5) is 15.2. The third kappa shape index (κ3) is 2.90. The zero-order valence-electron chi connectivity index (χ0n) is 14.7. The lowest BCUT2D eigenvalue weighted by Crippen LogP contribution is -2.04. The first-order valence-corrected chi connectivity index (χ1v) is 9.91. The van der Waals surface area contributed by atoms with Gasteiger partial charge in [-0.3, -0.25) is 4.79 Å². The number of aryl methyl sites for hydroxylation is 1. The summed E-state index contributed by atoms with van der Waals surface area (Å²) in [5, 5.41) is 14.3. The average molecular weight is 363 g/mol. The molecule has 2 aromatic heterocycles. The number of hydrogen-bond acceptors (Lipinski definition) is 3. The van der Waals surface area contributed by atoms with Crippen LogP contribution in [0.1, 0.15) is 31.7 Å². The largest absolute Gasteiger partial charge is 0.507 e. The van der Waals surface area contributed by atoms with Crippen molar-refractivity contribution in [2.45, 2.75) is 32.6 Å². The lowest BCUT2D eigenvalue weighted by Gasteiger charge is -2.11. The molecule has 0 aliphatic heterocycles. The minimum atomic E-state index is -0.0783. The van der Waals surface area contributed by atoms with Crippen molar-refractivity contribution in [2.24, 2.45) is 0 Å². The predicted molar refractivity (Wildman–Crippen MR) is 110 cm³/mol. The number of phenols is 1. The lowest BCUT2D eigenvalue weighted by molar-refractivity contribution is 0.478. The van der Waals surface area contributed by atoms with Crippen LogP contribution >= 0.6 is 11.3 Å². The standard InChI is InChI=1S/C22H21NO2S/c1-2-3-4-5-14-6-8-15(9-7-14)19-18(24)11-10-17-20(19)16-12-13-26-21(16)22(25)23-17/h6-13,24H,2-5H2,1H3,(H,23,25). The van der Waals surface area contributed by atoms with Crippen molar-refractivity contribution in [2.75, 3.05) is 0 Å². The molecule has 0 saturated heterocycles. The van der Waals surface area contributed by atoms with E-state index < -0.39 is 0 Å². The van der Waals surface area contributed by atoms with Gasteiger partial charge in [-0.05, 0) is 47.5 Å². The Balaban J connectivity index is 1.87. The number of pyridine rings is 1. The van der Waals surface area contributed by atoms with Gasteiger partial charge in [0.2, 0.25) is 0 Å². The molecule has 0 aliphatic carbocycles. The highest BCUT2D eigenvalue weighted by atomic mass is 32.1. The Hall–Kier alpha value is -2.59. The molecule has 0 aliphatic rings. The van der Waals surface area contributed by atoms with E-state index in [1.165, 1.54) is 36.2 Å². The molecule has 0 fully saturated rings. The Bertz CT molecular complexity index is 1120. The molecule has 0 atom stereocenters. The predicted octanol–water partition coefficient (Wildman–Crippen LogP) is 5.85. The zero-order valence-corrected chi connectivity index (χ0v) is 15.5. The van der Waals surface area contributed by atoms with Crippen LogP contribution in [0.3, 0.4) is 0 Å². The summed E-state index contributed by atoms with van der Waals surface area (Å²) in [6.07, 6.45) is 4.75. The highest BCUT2D eigenvalue weighted by Gasteiger charge is 2.15. The maximum Gasteiger partial charge on any atom is 0.266 e. The lowest BCUT2D eigenvalue weighted by atomic mass is 9.96. The summed E-state index contributed by atoms with van der Waals surface area (Å²) in [7, 11) is 0. The third-order valence-electron chi connectivity index (χ3n) is 4.88. The van der Waals surface area contributed by atoms with Gasteiger partial charge in [0, 0.05) is 21.9 Å². The molecule has 2 aromatic carbocycles. The molecular weight excluding hydrogens is 342 g/mol. The van der Waals surface area contributed by atoms with Gasteiger partial charge < -0.3 is 10.1 Å². The quantitative estimate of drug-likeness (QED) is 0.437. The molecule has 4 heteroatoms. The highest BCUT2D eigenvalue weighted by molar-refractivity contribution is 7.17. The van der Waals surface area contributed by atoms with Crippen molar-refractivity contribution >= 4 is 32.3 Å². The van der Waals surface area contributed by atoms with Gasteiger partial charge in [-0.25, -0.2) is 0 Å². The fraction of sp³-hybridized carbons (Fsp3) is 0.227. The number of unbranched alkanes of at least 4 members (excludes halogenated alkanes) is 2. The first-order chi connectivity index (χ1) is 12.7. The van der Waals surface area contributed by atoms with Crippen molar-refractivity contribution < 1.29 is 5.11 Å². The number of aromatic hydroxyl groups is 1. The van der Waals surface area contributed by atoms with E-state index in [4.69, 9.17) is 0 Å². The maximum absolute atomic E-state index is 12.2. The molecule has 0 radical (unpaired) electrons. The van der Waals surface area contributed by atoms with E-state index in [-0.39, 0.29) is 11.3 Å². The molecule has 0 bridgehead atoms. The Kier molecular flexibility index (Phi) is 4.51. The maximum atomic E-state index is 12.2. The Morgan fingerprint density at radius 3 is 2.62 bits per heavy atom. The number of aromatic nitrogens is 1. The number of rotatable bonds is 5. The minimum absolute atomic E-state index is 0.0783. The molecule has 132 valence electrons. The molecule has 0 spiro atoms. The van der Waals surface area contributed by atoms with Crippen LogP contribution in [0.2, 0.25) is 0 Å². The van der Waals surface area contributed by atoms with Gasteiger partial charge in [-0.1, -0.05) is 44.0 Å². The molecule has 0 amide bonds. The molecule has 2 heterocycles. The smallest absolute Gasteiger partial charge is 0.266 e. The molecule has 0 saturated carbocycles. The van der Waals surface area contributed by atoms with Gasteiger partial charge in [0.25, 0.3) is 5.56 Å². The van der Waals surface area contributed by atoms with Crippen molar-refractivity contribution in [3.63, 3.8) is 0 Å². The number of aromatic amines is 1. The molecule has 26 heavy (non-hydrogen) atoms. The van der Waals surface area contributed by atoms with Gasteiger partial charge in [-0.2, -0.15) is 0 Å². The van der Waals surface area contributed by atoms with Crippen LogP contribution in [0.25, 0.3) is 32.1 Å². The normalized spacial score (nSPS) is 11.4. The fourth-order valence-corrected chi connectivity index (χ4v) is 4.34. The van der Waals surface area contributed by atoms with Gasteiger partial charge in [-0.15, -0.1) is 11.3 Å². The van der Waals surface area contributed by atoms with Gasteiger partial charge >= 0.3 is 0 Å². The summed E-state index contributed by atoms with van der Waals surface area (Å²) in [6.45, 7) is 2.21. The molecule has 3 nitrogen and oxygen atoms in total. The number of hydrogen-bond donors (Lipinski definition) is 2. The van der Waals surface area contributed by atoms with Gasteiger partial charge in [0.1, 0.15) is 10.4 Å². The third-order valence-corrected chi connectivity index (χ3v) is 5.80. The topological polar surface area (TPSA) is 53.1 Å².